The molecule has 0 aromatic carbocycles. The van der Waals surface area contributed by atoms with Gasteiger partial charge in [0, 0.05) is 67.3 Å². The van der Waals surface area contributed by atoms with Crippen LogP contribution in [0.25, 0.3) is 5.52 Å². The van der Waals surface area contributed by atoms with E-state index in [0.717, 1.165) is 29.9 Å². The molecule has 0 radical (unpaired) electrons. The van der Waals surface area contributed by atoms with E-state index in [1.54, 1.807) is 35.5 Å². The number of nitrogens with zero attached hydrogens (tertiary/aromatic N) is 5. The number of amides is 2. The lowest BCUT2D eigenvalue weighted by Crippen LogP contribution is -2.39. The first-order valence-electron chi connectivity index (χ1n) is 12.4. The average Bonchev–Trinajstić information content (AvgIpc) is 3.30. The second kappa shape index (κ2) is 10.4. The van der Waals surface area contributed by atoms with E-state index in [9.17, 15) is 14.7 Å². The van der Waals surface area contributed by atoms with E-state index in [-0.39, 0.29) is 36.7 Å². The first-order chi connectivity index (χ1) is 17.9. The van der Waals surface area contributed by atoms with Gasteiger partial charge in [-0.25, -0.2) is 15.0 Å². The Morgan fingerprint density at radius 2 is 2.08 bits per heavy atom. The number of imidazole rings is 1. The minimum atomic E-state index is -0.265. The summed E-state index contributed by atoms with van der Waals surface area (Å²) in [5.74, 6) is 1.25. The maximum absolute atomic E-state index is 12.7. The molecule has 1 fully saturated rings. The number of hydrogen-bond acceptors (Lipinski definition) is 8. The van der Waals surface area contributed by atoms with Gasteiger partial charge in [0.15, 0.2) is 0 Å². The SMILES string of the molecule is Nc1ccnc(NC(=O)C2=CCC(c3nc(C4CCCN(C(=O)CCO)C4)n4ccnc(N)c34)C=C2)c1. The van der Waals surface area contributed by atoms with E-state index >= 15 is 0 Å². The van der Waals surface area contributed by atoms with Crippen LogP contribution in [0.15, 0.2) is 54.5 Å². The first-order valence-corrected chi connectivity index (χ1v) is 12.4. The van der Waals surface area contributed by atoms with Gasteiger partial charge < -0.3 is 26.8 Å². The molecule has 1 saturated heterocycles. The second-order valence-electron chi connectivity index (χ2n) is 9.33. The maximum Gasteiger partial charge on any atom is 0.256 e. The van der Waals surface area contributed by atoms with E-state index in [1.165, 1.54) is 0 Å². The van der Waals surface area contributed by atoms with Gasteiger partial charge >= 0.3 is 0 Å². The number of carbonyl (C=O) groups is 2. The van der Waals surface area contributed by atoms with Crippen molar-refractivity contribution >= 4 is 34.7 Å². The molecule has 37 heavy (non-hydrogen) atoms. The Kier molecular flexibility index (Phi) is 6.87. The predicted molar refractivity (Wildman–Crippen MR) is 140 cm³/mol. The van der Waals surface area contributed by atoms with Crippen molar-refractivity contribution < 1.29 is 14.7 Å². The van der Waals surface area contributed by atoms with Crippen LogP contribution in [0.4, 0.5) is 17.3 Å². The van der Waals surface area contributed by atoms with Crippen molar-refractivity contribution in [1.82, 2.24) is 24.3 Å². The highest BCUT2D eigenvalue weighted by Gasteiger charge is 2.30. The summed E-state index contributed by atoms with van der Waals surface area (Å²) in [4.78, 5) is 40.4. The Balaban J connectivity index is 1.38. The number of nitrogens with one attached hydrogen (secondary N) is 1. The largest absolute Gasteiger partial charge is 0.399 e. The van der Waals surface area contributed by atoms with Crippen LogP contribution >= 0.6 is 0 Å². The van der Waals surface area contributed by atoms with Gasteiger partial charge in [0.25, 0.3) is 5.91 Å². The smallest absolute Gasteiger partial charge is 0.256 e. The molecule has 11 nitrogen and oxygen atoms in total. The highest BCUT2D eigenvalue weighted by molar-refractivity contribution is 6.05. The fourth-order valence-corrected chi connectivity index (χ4v) is 5.03. The van der Waals surface area contributed by atoms with E-state index in [0.29, 0.717) is 42.4 Å². The summed E-state index contributed by atoms with van der Waals surface area (Å²) >= 11 is 0. The van der Waals surface area contributed by atoms with Crippen LogP contribution in [-0.4, -0.2) is 60.9 Å². The summed E-state index contributed by atoms with van der Waals surface area (Å²) in [7, 11) is 0. The molecule has 6 N–H and O–H groups in total. The average molecular weight is 503 g/mol. The van der Waals surface area contributed by atoms with Crippen LogP contribution in [0.3, 0.4) is 0 Å². The molecule has 192 valence electrons. The number of hydrogen-bond donors (Lipinski definition) is 4. The van der Waals surface area contributed by atoms with Gasteiger partial charge in [-0.05, 0) is 25.3 Å². The van der Waals surface area contributed by atoms with Gasteiger partial charge in [-0.2, -0.15) is 0 Å². The molecule has 3 aromatic rings. The molecule has 5 rings (SSSR count). The first kappa shape index (κ1) is 24.4. The van der Waals surface area contributed by atoms with Crippen LogP contribution in [0, 0.1) is 0 Å². The zero-order valence-electron chi connectivity index (χ0n) is 20.4. The quantitative estimate of drug-likeness (QED) is 0.397. The molecule has 0 spiro atoms. The molecular formula is C26H30N8O3. The second-order valence-corrected chi connectivity index (χ2v) is 9.33. The number of aliphatic hydroxyl groups is 1. The van der Waals surface area contributed by atoms with Crippen molar-refractivity contribution in [1.29, 1.82) is 0 Å². The van der Waals surface area contributed by atoms with Crippen LogP contribution in [0.2, 0.25) is 0 Å². The molecule has 2 unspecified atom stereocenters. The van der Waals surface area contributed by atoms with Crippen molar-refractivity contribution in [3.63, 3.8) is 0 Å². The zero-order chi connectivity index (χ0) is 25.9. The van der Waals surface area contributed by atoms with E-state index < -0.39 is 0 Å². The van der Waals surface area contributed by atoms with Crippen LogP contribution in [0.1, 0.15) is 49.0 Å². The number of rotatable bonds is 6. The highest BCUT2D eigenvalue weighted by Crippen LogP contribution is 2.35. The van der Waals surface area contributed by atoms with Gasteiger partial charge in [-0.1, -0.05) is 18.2 Å². The summed E-state index contributed by atoms with van der Waals surface area (Å²) in [6, 6.07) is 3.26. The number of pyridine rings is 1. The van der Waals surface area contributed by atoms with Crippen LogP contribution in [-0.2, 0) is 9.59 Å². The number of nitrogen functional groups attached to an aromatic ring is 2. The Morgan fingerprint density at radius 3 is 2.84 bits per heavy atom. The summed E-state index contributed by atoms with van der Waals surface area (Å²) in [5, 5.41) is 11.9. The lowest BCUT2D eigenvalue weighted by atomic mass is 9.93. The molecule has 0 bridgehead atoms. The molecular weight excluding hydrogens is 472 g/mol. The van der Waals surface area contributed by atoms with Crippen LogP contribution < -0.4 is 16.8 Å². The third-order valence-electron chi connectivity index (χ3n) is 6.84. The number of aliphatic hydroxyl groups excluding tert-OH is 1. The van der Waals surface area contributed by atoms with E-state index in [4.69, 9.17) is 16.5 Å². The molecule has 1 aliphatic heterocycles. The number of likely N-dealkylation sites (tertiary alicyclic amines) is 1. The minimum absolute atomic E-state index is 0.0368. The molecule has 2 atom stereocenters. The number of fused-ring (bicyclic) bond motifs is 1. The zero-order valence-corrected chi connectivity index (χ0v) is 20.4. The molecule has 2 aliphatic rings. The van der Waals surface area contributed by atoms with Crippen LogP contribution in [0.5, 0.6) is 0 Å². The summed E-state index contributed by atoms with van der Waals surface area (Å²) in [5.41, 5.74) is 14.7. The van der Waals surface area contributed by atoms with Crippen molar-refractivity contribution in [2.45, 2.75) is 37.5 Å². The normalized spacial score (nSPS) is 19.6. The Labute approximate surface area is 213 Å². The van der Waals surface area contributed by atoms with Gasteiger partial charge in [0.2, 0.25) is 5.91 Å². The standard InChI is InChI=1S/C26H30N8O3/c27-19-7-9-29-20(14-19)31-26(37)17-5-3-16(4-6-17)22-23-24(28)30-10-12-34(23)25(32-22)18-2-1-11-33(15-18)21(36)8-13-35/h3,5-7,9-10,12,14,16,18,35H,1-2,4,8,11,13,15H2,(H2,28,30)(H3,27,29,31,37). The third kappa shape index (κ3) is 5.03. The molecule has 0 saturated carbocycles. The Morgan fingerprint density at radius 1 is 1.22 bits per heavy atom. The molecule has 1 aliphatic carbocycles. The molecule has 11 heteroatoms. The van der Waals surface area contributed by atoms with Crippen molar-refractivity contribution in [3.05, 3.63) is 66.0 Å². The van der Waals surface area contributed by atoms with Gasteiger partial charge in [-0.3, -0.25) is 14.0 Å². The van der Waals surface area contributed by atoms with Gasteiger partial charge in [-0.15, -0.1) is 0 Å². The fraction of sp³-hybridized carbons (Fsp3) is 0.346. The summed E-state index contributed by atoms with van der Waals surface area (Å²) in [6.07, 6.45) is 13.1. The third-order valence-corrected chi connectivity index (χ3v) is 6.84. The summed E-state index contributed by atoms with van der Waals surface area (Å²) < 4.78 is 1.98. The van der Waals surface area contributed by atoms with Gasteiger partial charge in [0.05, 0.1) is 12.3 Å². The monoisotopic (exact) mass is 502 g/mol. The topological polar surface area (TPSA) is 165 Å². The lowest BCUT2D eigenvalue weighted by Gasteiger charge is -2.32. The number of allylic oxidation sites excluding steroid dienone is 2. The molecule has 4 heterocycles. The highest BCUT2D eigenvalue weighted by atomic mass is 16.3. The van der Waals surface area contributed by atoms with Crippen molar-refractivity contribution in [2.75, 3.05) is 36.5 Å². The number of anilines is 3. The fourth-order valence-electron chi connectivity index (χ4n) is 5.03. The number of aromatic nitrogens is 4. The Bertz CT molecular complexity index is 1400. The number of piperidine rings is 1. The van der Waals surface area contributed by atoms with E-state index in [2.05, 4.69) is 15.3 Å². The van der Waals surface area contributed by atoms with Gasteiger partial charge in [0.1, 0.15) is 23.0 Å². The molecule has 2 amide bonds. The predicted octanol–water partition coefficient (Wildman–Crippen LogP) is 1.99. The molecule has 3 aromatic heterocycles. The number of nitrogens with two attached hydrogens (primary N) is 2. The maximum atomic E-state index is 12.7. The van der Waals surface area contributed by atoms with E-state index in [1.807, 2.05) is 22.7 Å². The summed E-state index contributed by atoms with van der Waals surface area (Å²) in [6.45, 7) is 1.07. The number of carbonyl (C=O) groups excluding carboxylic acids is 2. The van der Waals surface area contributed by atoms with Crippen molar-refractivity contribution in [3.8, 4) is 0 Å². The lowest BCUT2D eigenvalue weighted by molar-refractivity contribution is -0.133. The van der Waals surface area contributed by atoms with Crippen molar-refractivity contribution in [2.24, 2.45) is 0 Å². The Hall–Kier alpha value is -4.25. The minimum Gasteiger partial charge on any atom is -0.399 e.